The number of amides is 1. The molecule has 2 N–H and O–H groups in total. The molecule has 0 aliphatic carbocycles. The van der Waals surface area contributed by atoms with E-state index in [1.54, 1.807) is 18.7 Å². The molecule has 29 heavy (non-hydrogen) atoms. The molecule has 0 aromatic heterocycles. The van der Waals surface area contributed by atoms with Gasteiger partial charge in [-0.3, -0.25) is 4.79 Å². The maximum Gasteiger partial charge on any atom is 0.238 e. The summed E-state index contributed by atoms with van der Waals surface area (Å²) >= 11 is 0. The number of sulfone groups is 1. The molecule has 2 aliphatic rings. The third kappa shape index (κ3) is 4.60. The van der Waals surface area contributed by atoms with Crippen molar-refractivity contribution in [2.24, 2.45) is 11.7 Å². The summed E-state index contributed by atoms with van der Waals surface area (Å²) in [4.78, 5) is 14.3. The fourth-order valence-corrected chi connectivity index (χ4v) is 5.36. The molecule has 9 heteroatoms. The van der Waals surface area contributed by atoms with Crippen LogP contribution in [0.2, 0.25) is 0 Å². The highest BCUT2D eigenvalue weighted by Gasteiger charge is 2.45. The van der Waals surface area contributed by atoms with Gasteiger partial charge in [-0.25, -0.2) is 21.6 Å². The Kier molecular flexibility index (Phi) is 6.29. The molecule has 2 aliphatic heterocycles. The van der Waals surface area contributed by atoms with Gasteiger partial charge < -0.3 is 10.6 Å². The van der Waals surface area contributed by atoms with Gasteiger partial charge in [0.25, 0.3) is 0 Å². The summed E-state index contributed by atoms with van der Waals surface area (Å²) in [6.45, 7) is 3.11. The van der Waals surface area contributed by atoms with E-state index in [4.69, 9.17) is 5.73 Å². The van der Waals surface area contributed by atoms with Gasteiger partial charge in [-0.05, 0) is 63.5 Å². The molecule has 5 nitrogen and oxygen atoms in total. The average Bonchev–Trinajstić information content (AvgIpc) is 2.89. The average molecular weight is 433 g/mol. The predicted octanol–water partition coefficient (Wildman–Crippen LogP) is 2.57. The summed E-state index contributed by atoms with van der Waals surface area (Å²) in [6.07, 6.45) is 2.82. The fraction of sp³-hybridized carbons (Fsp3) is 0.650. The number of benzene rings is 1. The minimum Gasteiger partial charge on any atom is -0.336 e. The van der Waals surface area contributed by atoms with Gasteiger partial charge in [0, 0.05) is 24.2 Å². The molecular formula is C20H27F3N2O3S. The lowest BCUT2D eigenvalue weighted by Crippen LogP contribution is -2.52. The second-order valence-corrected chi connectivity index (χ2v) is 11.1. The van der Waals surface area contributed by atoms with Crippen LogP contribution in [0.1, 0.15) is 45.1 Å². The molecule has 0 spiro atoms. The lowest BCUT2D eigenvalue weighted by molar-refractivity contribution is -0.133. The van der Waals surface area contributed by atoms with Crippen molar-refractivity contribution in [3.05, 3.63) is 35.1 Å². The number of hydrogen-bond donors (Lipinski definition) is 1. The minimum absolute atomic E-state index is 0.00855. The van der Waals surface area contributed by atoms with E-state index in [2.05, 4.69) is 0 Å². The highest BCUT2D eigenvalue weighted by Crippen LogP contribution is 2.40. The predicted molar refractivity (Wildman–Crippen MR) is 103 cm³/mol. The molecule has 2 saturated heterocycles. The van der Waals surface area contributed by atoms with Gasteiger partial charge in [0.1, 0.15) is 11.6 Å². The Bertz CT molecular complexity index is 877. The normalized spacial score (nSPS) is 25.5. The molecule has 3 rings (SSSR count). The van der Waals surface area contributed by atoms with Crippen LogP contribution in [-0.4, -0.2) is 48.4 Å². The van der Waals surface area contributed by atoms with Crippen LogP contribution in [0.15, 0.2) is 12.1 Å². The third-order valence-corrected chi connectivity index (χ3v) is 8.34. The molecule has 0 unspecified atom stereocenters. The van der Waals surface area contributed by atoms with Gasteiger partial charge in [-0.15, -0.1) is 0 Å². The summed E-state index contributed by atoms with van der Waals surface area (Å²) in [6, 6.07) is 0.726. The van der Waals surface area contributed by atoms with Crippen LogP contribution in [0.4, 0.5) is 13.2 Å². The summed E-state index contributed by atoms with van der Waals surface area (Å²) < 4.78 is 64.7. The molecular weight excluding hydrogens is 405 g/mol. The number of halogens is 3. The van der Waals surface area contributed by atoms with Crippen molar-refractivity contribution in [3.63, 3.8) is 0 Å². The topological polar surface area (TPSA) is 80.5 Å². The van der Waals surface area contributed by atoms with Crippen LogP contribution in [-0.2, 0) is 21.1 Å². The van der Waals surface area contributed by atoms with Crippen molar-refractivity contribution in [2.45, 2.75) is 69.3 Å². The van der Waals surface area contributed by atoms with Crippen LogP contribution >= 0.6 is 0 Å². The van der Waals surface area contributed by atoms with Crippen LogP contribution in [0.5, 0.6) is 0 Å². The number of carbonyl (C=O) groups is 1. The largest absolute Gasteiger partial charge is 0.336 e. The van der Waals surface area contributed by atoms with Crippen molar-refractivity contribution < 1.29 is 26.4 Å². The number of carbonyl (C=O) groups excluding carboxylic acids is 1. The number of rotatable bonds is 6. The summed E-state index contributed by atoms with van der Waals surface area (Å²) in [7, 11) is -3.47. The standard InChI is InChI=1S/C20H27F3N2O3S/c1-11(2)29(27,28)10-20(26)25-14-3-4-15(25)6-13(5-14)19(24)8-12-7-17(22)18(23)9-16(12)21/h7,9,11,13-15,19H,3-6,8,10,24H2,1-2H3/t13-,14-,15+,19-/m1/s1. The lowest BCUT2D eigenvalue weighted by Gasteiger charge is -2.41. The van der Waals surface area contributed by atoms with Crippen molar-refractivity contribution in [3.8, 4) is 0 Å². The fourth-order valence-electron chi connectivity index (χ4n) is 4.53. The summed E-state index contributed by atoms with van der Waals surface area (Å²) in [5, 5.41) is -0.610. The Morgan fingerprint density at radius 2 is 1.66 bits per heavy atom. The maximum atomic E-state index is 13.9. The van der Waals surface area contributed by atoms with Gasteiger partial charge in [0.15, 0.2) is 21.5 Å². The Hall–Kier alpha value is -1.61. The van der Waals surface area contributed by atoms with Crippen LogP contribution in [0, 0.1) is 23.4 Å². The first-order valence-corrected chi connectivity index (χ1v) is 11.6. The Morgan fingerprint density at radius 3 is 2.21 bits per heavy atom. The monoisotopic (exact) mass is 432 g/mol. The molecule has 0 radical (unpaired) electrons. The summed E-state index contributed by atoms with van der Waals surface area (Å²) in [5.41, 5.74) is 6.30. The van der Waals surface area contributed by atoms with Crippen LogP contribution < -0.4 is 5.73 Å². The highest BCUT2D eigenvalue weighted by atomic mass is 32.2. The van der Waals surface area contributed by atoms with Gasteiger partial charge in [0.05, 0.1) is 5.25 Å². The minimum atomic E-state index is -3.47. The van der Waals surface area contributed by atoms with Crippen molar-refractivity contribution >= 4 is 15.7 Å². The van der Waals surface area contributed by atoms with Crippen molar-refractivity contribution in [1.29, 1.82) is 0 Å². The Labute approximate surface area is 169 Å². The summed E-state index contributed by atoms with van der Waals surface area (Å²) in [5.74, 6) is -4.04. The molecule has 2 fully saturated rings. The number of piperidine rings is 1. The molecule has 1 amide bonds. The molecule has 2 heterocycles. The lowest BCUT2D eigenvalue weighted by atomic mass is 9.82. The number of fused-ring (bicyclic) bond motifs is 2. The van der Waals surface area contributed by atoms with E-state index < -0.39 is 44.3 Å². The van der Waals surface area contributed by atoms with Gasteiger partial charge in [0.2, 0.25) is 5.91 Å². The smallest absolute Gasteiger partial charge is 0.238 e. The zero-order chi connectivity index (χ0) is 21.5. The highest BCUT2D eigenvalue weighted by molar-refractivity contribution is 7.92. The second kappa shape index (κ2) is 8.26. The van der Waals surface area contributed by atoms with Crippen LogP contribution in [0.25, 0.3) is 0 Å². The Morgan fingerprint density at radius 1 is 1.10 bits per heavy atom. The molecule has 162 valence electrons. The first kappa shape index (κ1) is 22.1. The second-order valence-electron chi connectivity index (χ2n) is 8.50. The molecule has 1 aromatic carbocycles. The van der Waals surface area contributed by atoms with E-state index >= 15 is 0 Å². The van der Waals surface area contributed by atoms with Crippen molar-refractivity contribution in [2.75, 3.05) is 5.75 Å². The maximum absolute atomic E-state index is 13.9. The van der Waals surface area contributed by atoms with Gasteiger partial charge in [-0.1, -0.05) is 0 Å². The van der Waals surface area contributed by atoms with E-state index in [0.717, 1.165) is 18.9 Å². The van der Waals surface area contributed by atoms with Gasteiger partial charge in [-0.2, -0.15) is 0 Å². The number of hydrogen-bond acceptors (Lipinski definition) is 4. The zero-order valence-corrected chi connectivity index (χ0v) is 17.4. The molecule has 2 bridgehead atoms. The first-order chi connectivity index (χ1) is 13.5. The SMILES string of the molecule is CC(C)S(=O)(=O)CC(=O)N1[C@@H]2CC[C@H]1C[C@H]([C@H](N)Cc1cc(F)c(F)cc1F)C2. The quantitative estimate of drug-likeness (QED) is 0.701. The molecule has 4 atom stereocenters. The number of nitrogens with two attached hydrogens (primary N) is 1. The molecule has 1 aromatic rings. The number of nitrogens with zero attached hydrogens (tertiary/aromatic N) is 1. The van der Waals surface area contributed by atoms with E-state index in [1.807, 2.05) is 0 Å². The zero-order valence-electron chi connectivity index (χ0n) is 16.6. The first-order valence-electron chi connectivity index (χ1n) is 9.91. The van der Waals surface area contributed by atoms with Crippen LogP contribution in [0.3, 0.4) is 0 Å². The Balaban J connectivity index is 1.67. The third-order valence-electron chi connectivity index (χ3n) is 6.25. The van der Waals surface area contributed by atoms with E-state index in [9.17, 15) is 26.4 Å². The van der Waals surface area contributed by atoms with E-state index in [-0.39, 0.29) is 35.9 Å². The van der Waals surface area contributed by atoms with Crippen molar-refractivity contribution in [1.82, 2.24) is 4.90 Å². The van der Waals surface area contributed by atoms with Gasteiger partial charge >= 0.3 is 0 Å². The molecule has 0 saturated carbocycles. The van der Waals surface area contributed by atoms with E-state index in [0.29, 0.717) is 18.9 Å². The van der Waals surface area contributed by atoms with E-state index in [1.165, 1.54) is 0 Å².